The number of ether oxygens (including phenoxy) is 1. The third-order valence-corrected chi connectivity index (χ3v) is 1.81. The summed E-state index contributed by atoms with van der Waals surface area (Å²) in [5.41, 5.74) is 0.854. The Labute approximate surface area is 87.4 Å². The Bertz CT molecular complexity index is 382. The highest BCUT2D eigenvalue weighted by Gasteiger charge is 2.19. The molecule has 0 fully saturated rings. The standard InChI is InChI=1S/C9H12N4O2/c1-6-4-7(9(14)15-3)12-8(5-11-2)13(6)10/h4-5H,2,10H2,1,3H3/b8-5-. The van der Waals surface area contributed by atoms with Gasteiger partial charge < -0.3 is 4.74 Å². The van der Waals surface area contributed by atoms with Crippen LogP contribution in [-0.2, 0) is 9.53 Å². The number of hydrogen-bond donors (Lipinski definition) is 1. The minimum absolute atomic E-state index is 0.187. The Morgan fingerprint density at radius 3 is 3.00 bits per heavy atom. The van der Waals surface area contributed by atoms with Crippen LogP contribution in [0.3, 0.4) is 0 Å². The van der Waals surface area contributed by atoms with E-state index in [-0.39, 0.29) is 5.71 Å². The maximum atomic E-state index is 11.2. The van der Waals surface area contributed by atoms with Crippen molar-refractivity contribution < 1.29 is 9.53 Å². The molecule has 0 amide bonds. The van der Waals surface area contributed by atoms with Gasteiger partial charge in [-0.1, -0.05) is 0 Å². The Balaban J connectivity index is 3.10. The fraction of sp³-hybridized carbons (Fsp3) is 0.222. The highest BCUT2D eigenvalue weighted by Crippen LogP contribution is 2.15. The summed E-state index contributed by atoms with van der Waals surface area (Å²) in [6, 6.07) is 0. The molecular formula is C9H12N4O2. The molecule has 6 heteroatoms. The molecule has 6 nitrogen and oxygen atoms in total. The summed E-state index contributed by atoms with van der Waals surface area (Å²) in [4.78, 5) is 18.7. The molecule has 1 heterocycles. The summed E-state index contributed by atoms with van der Waals surface area (Å²) in [6.45, 7) is 5.04. The average molecular weight is 208 g/mol. The van der Waals surface area contributed by atoms with E-state index in [0.717, 1.165) is 0 Å². The van der Waals surface area contributed by atoms with E-state index in [9.17, 15) is 4.79 Å². The number of rotatable bonds is 2. The van der Waals surface area contributed by atoms with Gasteiger partial charge in [0.05, 0.1) is 13.3 Å². The van der Waals surface area contributed by atoms with Crippen molar-refractivity contribution in [1.29, 1.82) is 0 Å². The zero-order valence-electron chi connectivity index (χ0n) is 8.60. The molecule has 0 saturated carbocycles. The van der Waals surface area contributed by atoms with Crippen molar-refractivity contribution in [3.63, 3.8) is 0 Å². The van der Waals surface area contributed by atoms with Crippen LogP contribution >= 0.6 is 0 Å². The van der Waals surface area contributed by atoms with Crippen molar-refractivity contribution in [1.82, 2.24) is 5.01 Å². The molecule has 1 aliphatic heterocycles. The number of nitrogens with two attached hydrogens (primary N) is 1. The lowest BCUT2D eigenvalue weighted by atomic mass is 10.2. The van der Waals surface area contributed by atoms with Crippen molar-refractivity contribution in [2.45, 2.75) is 6.92 Å². The van der Waals surface area contributed by atoms with Crippen LogP contribution in [0.1, 0.15) is 6.92 Å². The smallest absolute Gasteiger partial charge is 0.356 e. The number of allylic oxidation sites excluding steroid dienone is 1. The summed E-state index contributed by atoms with van der Waals surface area (Å²) in [5, 5.41) is 1.31. The Hall–Kier alpha value is -1.95. The van der Waals surface area contributed by atoms with E-state index >= 15 is 0 Å². The molecule has 1 rings (SSSR count). The SMILES string of the molecule is C=N/C=C1/N=C(C(=O)OC)C=C(C)N1N. The zero-order chi connectivity index (χ0) is 11.4. The van der Waals surface area contributed by atoms with E-state index in [1.165, 1.54) is 24.4 Å². The van der Waals surface area contributed by atoms with Crippen LogP contribution in [0.2, 0.25) is 0 Å². The molecule has 0 atom stereocenters. The molecule has 0 unspecified atom stereocenters. The monoisotopic (exact) mass is 208 g/mol. The number of carbonyl (C=O) groups is 1. The Morgan fingerprint density at radius 1 is 1.80 bits per heavy atom. The maximum Gasteiger partial charge on any atom is 0.356 e. The van der Waals surface area contributed by atoms with Crippen LogP contribution in [0.15, 0.2) is 33.8 Å². The predicted octanol–water partition coefficient (Wildman–Crippen LogP) is 0.193. The summed E-state index contributed by atoms with van der Waals surface area (Å²) in [7, 11) is 1.29. The second-order valence-corrected chi connectivity index (χ2v) is 2.81. The summed E-state index contributed by atoms with van der Waals surface area (Å²) in [5.74, 6) is 5.48. The van der Waals surface area contributed by atoms with Crippen LogP contribution < -0.4 is 5.84 Å². The second-order valence-electron chi connectivity index (χ2n) is 2.81. The van der Waals surface area contributed by atoms with Crippen molar-refractivity contribution >= 4 is 18.4 Å². The number of aliphatic imine (C=N–C) groups is 2. The molecule has 0 spiro atoms. The van der Waals surface area contributed by atoms with Gasteiger partial charge in [0.1, 0.15) is 0 Å². The second kappa shape index (κ2) is 4.52. The molecule has 15 heavy (non-hydrogen) atoms. The third kappa shape index (κ3) is 2.29. The van der Waals surface area contributed by atoms with Gasteiger partial charge in [-0.25, -0.2) is 15.6 Å². The molecule has 0 aromatic carbocycles. The van der Waals surface area contributed by atoms with Gasteiger partial charge in [0, 0.05) is 5.70 Å². The molecule has 0 bridgehead atoms. The predicted molar refractivity (Wildman–Crippen MR) is 56.9 cm³/mol. The van der Waals surface area contributed by atoms with Crippen LogP contribution in [-0.4, -0.2) is 30.5 Å². The summed E-state index contributed by atoms with van der Waals surface area (Å²) in [6.07, 6.45) is 2.89. The van der Waals surface area contributed by atoms with Gasteiger partial charge in [0.2, 0.25) is 0 Å². The van der Waals surface area contributed by atoms with Crippen LogP contribution in [0.4, 0.5) is 0 Å². The van der Waals surface area contributed by atoms with Gasteiger partial charge in [-0.05, 0) is 19.7 Å². The average Bonchev–Trinajstić information content (AvgIpc) is 2.23. The van der Waals surface area contributed by atoms with Crippen LogP contribution in [0.25, 0.3) is 0 Å². The zero-order valence-corrected chi connectivity index (χ0v) is 8.60. The summed E-state index contributed by atoms with van der Waals surface area (Å²) >= 11 is 0. The van der Waals surface area contributed by atoms with Gasteiger partial charge in [-0.2, -0.15) is 0 Å². The van der Waals surface area contributed by atoms with E-state index < -0.39 is 5.97 Å². The van der Waals surface area contributed by atoms with Crippen LogP contribution in [0.5, 0.6) is 0 Å². The first-order chi connectivity index (χ1) is 7.10. The minimum Gasteiger partial charge on any atom is -0.464 e. The number of esters is 1. The highest BCUT2D eigenvalue weighted by atomic mass is 16.5. The van der Waals surface area contributed by atoms with Crippen molar-refractivity contribution in [3.05, 3.63) is 23.8 Å². The van der Waals surface area contributed by atoms with Gasteiger partial charge in [-0.3, -0.25) is 10.0 Å². The topological polar surface area (TPSA) is 80.3 Å². The Morgan fingerprint density at radius 2 is 2.47 bits per heavy atom. The van der Waals surface area contributed by atoms with Crippen molar-refractivity contribution in [3.8, 4) is 0 Å². The fourth-order valence-corrected chi connectivity index (χ4v) is 1.04. The molecule has 1 aliphatic rings. The lowest BCUT2D eigenvalue weighted by Crippen LogP contribution is -2.33. The third-order valence-electron chi connectivity index (χ3n) is 1.81. The number of nitrogens with zero attached hydrogens (tertiary/aromatic N) is 3. The number of methoxy groups -OCH3 is 1. The molecule has 80 valence electrons. The summed E-state index contributed by atoms with van der Waals surface area (Å²) < 4.78 is 4.55. The number of hydrazine groups is 1. The Kier molecular flexibility index (Phi) is 3.35. The van der Waals surface area contributed by atoms with E-state index in [1.807, 2.05) is 0 Å². The van der Waals surface area contributed by atoms with E-state index in [0.29, 0.717) is 11.5 Å². The minimum atomic E-state index is -0.516. The van der Waals surface area contributed by atoms with Crippen molar-refractivity contribution in [2.24, 2.45) is 15.8 Å². The molecule has 0 aliphatic carbocycles. The fourth-order valence-electron chi connectivity index (χ4n) is 1.04. The normalized spacial score (nSPS) is 18.3. The first-order valence-corrected chi connectivity index (χ1v) is 4.16. The number of hydrogen-bond acceptors (Lipinski definition) is 6. The van der Waals surface area contributed by atoms with E-state index in [4.69, 9.17) is 5.84 Å². The van der Waals surface area contributed by atoms with Gasteiger partial charge in [-0.15, -0.1) is 0 Å². The van der Waals surface area contributed by atoms with E-state index in [2.05, 4.69) is 21.4 Å². The van der Waals surface area contributed by atoms with Gasteiger partial charge in [0.15, 0.2) is 11.5 Å². The molecule has 0 aromatic heterocycles. The molecule has 0 saturated heterocycles. The lowest BCUT2D eigenvalue weighted by Gasteiger charge is -2.22. The number of carbonyl (C=O) groups excluding carboxylic acids is 1. The van der Waals surface area contributed by atoms with Gasteiger partial charge >= 0.3 is 5.97 Å². The van der Waals surface area contributed by atoms with Gasteiger partial charge in [0.25, 0.3) is 0 Å². The van der Waals surface area contributed by atoms with Crippen LogP contribution in [0, 0.1) is 0 Å². The molecule has 0 radical (unpaired) electrons. The first-order valence-electron chi connectivity index (χ1n) is 4.16. The lowest BCUT2D eigenvalue weighted by molar-refractivity contribution is -0.132. The molecule has 0 aromatic rings. The molecule has 2 N–H and O–H groups in total. The quantitative estimate of drug-likeness (QED) is 0.399. The first kappa shape index (κ1) is 11.1. The maximum absolute atomic E-state index is 11.2. The highest BCUT2D eigenvalue weighted by molar-refractivity contribution is 6.41. The van der Waals surface area contributed by atoms with E-state index in [1.54, 1.807) is 6.92 Å². The van der Waals surface area contributed by atoms with Crippen molar-refractivity contribution in [2.75, 3.05) is 7.11 Å². The largest absolute Gasteiger partial charge is 0.464 e. The molecular weight excluding hydrogens is 196 g/mol.